The van der Waals surface area contributed by atoms with E-state index in [1.165, 1.54) is 38.9 Å². The molecule has 1 N–H and O–H groups in total. The topological polar surface area (TPSA) is 24.5 Å². The van der Waals surface area contributed by atoms with Crippen LogP contribution in [0.3, 0.4) is 0 Å². The van der Waals surface area contributed by atoms with Crippen LogP contribution in [0.2, 0.25) is 0 Å². The largest absolute Gasteiger partial charge is 0.381 e. The van der Waals surface area contributed by atoms with Gasteiger partial charge in [-0.25, -0.2) is 0 Å². The first kappa shape index (κ1) is 14.3. The van der Waals surface area contributed by atoms with E-state index < -0.39 is 0 Å². The molecule has 0 saturated carbocycles. The fraction of sp³-hybridized carbons (Fsp3) is 1.00. The number of nitrogens with zero attached hydrogens (tertiary/aromatic N) is 1. The summed E-state index contributed by atoms with van der Waals surface area (Å²) in [4.78, 5) is 2.67. The van der Waals surface area contributed by atoms with Gasteiger partial charge < -0.3 is 15.0 Å². The zero-order valence-electron chi connectivity index (χ0n) is 12.4. The van der Waals surface area contributed by atoms with Crippen LogP contribution >= 0.6 is 0 Å². The molecule has 2 aliphatic rings. The average molecular weight is 254 g/mol. The third-order valence-corrected chi connectivity index (χ3v) is 4.58. The number of nitrogens with one attached hydrogen (secondary N) is 1. The lowest BCUT2D eigenvalue weighted by atomic mass is 9.86. The second-order valence-corrected chi connectivity index (χ2v) is 6.64. The molecule has 3 nitrogen and oxygen atoms in total. The Labute approximate surface area is 112 Å². The van der Waals surface area contributed by atoms with Crippen LogP contribution in [-0.4, -0.2) is 50.3 Å². The summed E-state index contributed by atoms with van der Waals surface area (Å²) >= 11 is 0. The molecule has 2 unspecified atom stereocenters. The third-order valence-electron chi connectivity index (χ3n) is 4.58. The van der Waals surface area contributed by atoms with E-state index in [0.717, 1.165) is 25.7 Å². The first-order valence-corrected chi connectivity index (χ1v) is 7.67. The Hall–Kier alpha value is -0.120. The van der Waals surface area contributed by atoms with E-state index in [2.05, 4.69) is 31.0 Å². The standard InChI is InChI=1S/C15H30N2O/c1-4-14-5-7-17(9-14)11-15(6-8-18-12-15)10-16-13(2)3/h13-14,16H,4-12H2,1-3H3. The van der Waals surface area contributed by atoms with Crippen LogP contribution in [0.4, 0.5) is 0 Å². The van der Waals surface area contributed by atoms with Crippen molar-refractivity contribution in [2.24, 2.45) is 11.3 Å². The van der Waals surface area contributed by atoms with E-state index >= 15 is 0 Å². The van der Waals surface area contributed by atoms with Crippen molar-refractivity contribution in [3.63, 3.8) is 0 Å². The van der Waals surface area contributed by atoms with Crippen molar-refractivity contribution in [3.8, 4) is 0 Å². The maximum absolute atomic E-state index is 5.69. The minimum atomic E-state index is 0.368. The summed E-state index contributed by atoms with van der Waals surface area (Å²) in [6, 6.07) is 0.574. The van der Waals surface area contributed by atoms with E-state index in [9.17, 15) is 0 Å². The molecule has 0 aromatic carbocycles. The predicted octanol–water partition coefficient (Wildman–Crippen LogP) is 2.12. The SMILES string of the molecule is CCC1CCN(CC2(CNC(C)C)CCOC2)C1. The van der Waals surface area contributed by atoms with Crippen molar-refractivity contribution in [3.05, 3.63) is 0 Å². The molecular weight excluding hydrogens is 224 g/mol. The molecule has 0 aromatic rings. The van der Waals surface area contributed by atoms with Crippen LogP contribution in [0.5, 0.6) is 0 Å². The monoisotopic (exact) mass is 254 g/mol. The summed E-state index contributed by atoms with van der Waals surface area (Å²) in [6.45, 7) is 13.6. The molecule has 2 rings (SSSR count). The summed E-state index contributed by atoms with van der Waals surface area (Å²) in [5.41, 5.74) is 0.368. The molecule has 0 aliphatic carbocycles. The van der Waals surface area contributed by atoms with Crippen LogP contribution in [0.15, 0.2) is 0 Å². The lowest BCUT2D eigenvalue weighted by molar-refractivity contribution is 0.115. The minimum absolute atomic E-state index is 0.368. The van der Waals surface area contributed by atoms with E-state index in [1.807, 2.05) is 0 Å². The van der Waals surface area contributed by atoms with Crippen LogP contribution in [0.1, 0.15) is 40.0 Å². The average Bonchev–Trinajstić information content (AvgIpc) is 2.97. The molecular formula is C15H30N2O. The Morgan fingerprint density at radius 1 is 1.44 bits per heavy atom. The molecule has 0 spiro atoms. The van der Waals surface area contributed by atoms with E-state index in [4.69, 9.17) is 4.74 Å². The fourth-order valence-electron chi connectivity index (χ4n) is 3.25. The zero-order valence-corrected chi connectivity index (χ0v) is 12.4. The first-order chi connectivity index (χ1) is 8.63. The fourth-order valence-corrected chi connectivity index (χ4v) is 3.25. The van der Waals surface area contributed by atoms with Crippen LogP contribution in [-0.2, 0) is 4.74 Å². The molecule has 0 aromatic heterocycles. The molecule has 3 heteroatoms. The normalized spacial score (nSPS) is 33.7. The molecule has 2 fully saturated rings. The van der Waals surface area contributed by atoms with Gasteiger partial charge >= 0.3 is 0 Å². The van der Waals surface area contributed by atoms with Crippen molar-refractivity contribution in [1.29, 1.82) is 0 Å². The van der Waals surface area contributed by atoms with Gasteiger partial charge in [0.1, 0.15) is 0 Å². The van der Waals surface area contributed by atoms with Gasteiger partial charge in [-0.05, 0) is 25.3 Å². The number of hydrogen-bond donors (Lipinski definition) is 1. The van der Waals surface area contributed by atoms with Crippen molar-refractivity contribution in [2.75, 3.05) is 39.4 Å². The highest BCUT2D eigenvalue weighted by atomic mass is 16.5. The van der Waals surface area contributed by atoms with Gasteiger partial charge in [-0.15, -0.1) is 0 Å². The minimum Gasteiger partial charge on any atom is -0.381 e. The Kier molecular flexibility index (Phi) is 5.05. The Morgan fingerprint density at radius 2 is 2.28 bits per heavy atom. The molecule has 2 saturated heterocycles. The summed E-state index contributed by atoms with van der Waals surface area (Å²) < 4.78 is 5.69. The molecule has 2 atom stereocenters. The second-order valence-electron chi connectivity index (χ2n) is 6.64. The van der Waals surface area contributed by atoms with Gasteiger partial charge in [-0.2, -0.15) is 0 Å². The molecule has 2 heterocycles. The number of hydrogen-bond acceptors (Lipinski definition) is 3. The lowest BCUT2D eigenvalue weighted by Gasteiger charge is -2.33. The van der Waals surface area contributed by atoms with Crippen molar-refractivity contribution in [1.82, 2.24) is 10.2 Å². The zero-order chi connectivity index (χ0) is 13.0. The van der Waals surface area contributed by atoms with Gasteiger partial charge in [-0.3, -0.25) is 0 Å². The molecule has 0 bridgehead atoms. The highest BCUT2D eigenvalue weighted by Crippen LogP contribution is 2.31. The van der Waals surface area contributed by atoms with Crippen molar-refractivity contribution < 1.29 is 4.74 Å². The van der Waals surface area contributed by atoms with Gasteiger partial charge in [-0.1, -0.05) is 27.2 Å². The lowest BCUT2D eigenvalue weighted by Crippen LogP contribution is -2.45. The van der Waals surface area contributed by atoms with Crippen LogP contribution < -0.4 is 5.32 Å². The van der Waals surface area contributed by atoms with Crippen LogP contribution in [0, 0.1) is 11.3 Å². The van der Waals surface area contributed by atoms with Crippen molar-refractivity contribution >= 4 is 0 Å². The molecule has 106 valence electrons. The van der Waals surface area contributed by atoms with Gasteiger partial charge in [0.15, 0.2) is 0 Å². The van der Waals surface area contributed by atoms with Crippen LogP contribution in [0.25, 0.3) is 0 Å². The highest BCUT2D eigenvalue weighted by Gasteiger charge is 2.38. The smallest absolute Gasteiger partial charge is 0.0547 e. The number of rotatable bonds is 6. The molecule has 0 radical (unpaired) electrons. The highest BCUT2D eigenvalue weighted by molar-refractivity contribution is 4.90. The van der Waals surface area contributed by atoms with Gasteiger partial charge in [0.25, 0.3) is 0 Å². The number of likely N-dealkylation sites (tertiary alicyclic amines) is 1. The predicted molar refractivity (Wildman–Crippen MR) is 75.8 cm³/mol. The summed E-state index contributed by atoms with van der Waals surface area (Å²) in [5.74, 6) is 0.933. The maximum atomic E-state index is 5.69. The van der Waals surface area contributed by atoms with Gasteiger partial charge in [0.05, 0.1) is 6.61 Å². The van der Waals surface area contributed by atoms with Crippen molar-refractivity contribution in [2.45, 2.75) is 46.1 Å². The molecule has 18 heavy (non-hydrogen) atoms. The Bertz CT molecular complexity index is 249. The summed E-state index contributed by atoms with van der Waals surface area (Å²) in [5, 5.41) is 3.62. The second kappa shape index (κ2) is 6.36. The van der Waals surface area contributed by atoms with E-state index in [1.54, 1.807) is 0 Å². The summed E-state index contributed by atoms with van der Waals surface area (Å²) in [7, 11) is 0. The Balaban J connectivity index is 1.86. The van der Waals surface area contributed by atoms with E-state index in [-0.39, 0.29) is 0 Å². The Morgan fingerprint density at radius 3 is 2.83 bits per heavy atom. The quantitative estimate of drug-likeness (QED) is 0.786. The molecule has 2 aliphatic heterocycles. The van der Waals surface area contributed by atoms with Gasteiger partial charge in [0, 0.05) is 37.7 Å². The van der Waals surface area contributed by atoms with E-state index in [0.29, 0.717) is 11.5 Å². The number of ether oxygens (including phenoxy) is 1. The van der Waals surface area contributed by atoms with Gasteiger partial charge in [0.2, 0.25) is 0 Å². The maximum Gasteiger partial charge on any atom is 0.0547 e. The molecule has 0 amide bonds. The first-order valence-electron chi connectivity index (χ1n) is 7.67. The summed E-state index contributed by atoms with van der Waals surface area (Å²) in [6.07, 6.45) is 3.95. The third kappa shape index (κ3) is 3.69.